The molecule has 0 bridgehead atoms. The molecule has 2 fully saturated rings. The van der Waals surface area contributed by atoms with Crippen molar-refractivity contribution in [1.29, 1.82) is 0 Å². The van der Waals surface area contributed by atoms with Crippen LogP contribution < -0.4 is 5.32 Å². The monoisotopic (exact) mass is 380 g/mol. The molecule has 0 aliphatic carbocycles. The van der Waals surface area contributed by atoms with Crippen LogP contribution in [0.3, 0.4) is 0 Å². The fraction of sp³-hybridized carbons (Fsp3) is 0.700. The highest BCUT2D eigenvalue weighted by Crippen LogP contribution is 2.27. The van der Waals surface area contributed by atoms with E-state index in [2.05, 4.69) is 18.8 Å². The Morgan fingerprint density at radius 1 is 1.33 bits per heavy atom. The molecule has 0 saturated carbocycles. The third kappa shape index (κ3) is 6.66. The van der Waals surface area contributed by atoms with Crippen LogP contribution in [0, 0.1) is 5.92 Å². The van der Waals surface area contributed by atoms with E-state index in [1.54, 1.807) is 17.9 Å². The number of amides is 2. The summed E-state index contributed by atoms with van der Waals surface area (Å²) in [5, 5.41) is 2.99. The van der Waals surface area contributed by atoms with Gasteiger partial charge in [0.25, 0.3) is 0 Å². The van der Waals surface area contributed by atoms with E-state index in [0.717, 1.165) is 12.8 Å². The lowest BCUT2D eigenvalue weighted by molar-refractivity contribution is -0.123. The van der Waals surface area contributed by atoms with E-state index in [4.69, 9.17) is 14.2 Å². The molecule has 0 radical (unpaired) electrons. The van der Waals surface area contributed by atoms with Gasteiger partial charge in [-0.25, -0.2) is 4.79 Å². The highest BCUT2D eigenvalue weighted by molar-refractivity contribution is 5.87. The van der Waals surface area contributed by atoms with Crippen molar-refractivity contribution >= 4 is 12.0 Å². The van der Waals surface area contributed by atoms with Crippen molar-refractivity contribution < 1.29 is 23.8 Å². The molecule has 2 aliphatic rings. The average Bonchev–Trinajstić information content (AvgIpc) is 2.65. The maximum atomic E-state index is 12.2. The molecule has 7 heteroatoms. The first kappa shape index (κ1) is 21.4. The molecule has 0 unspecified atom stereocenters. The molecule has 2 amide bonds. The van der Waals surface area contributed by atoms with Crippen LogP contribution in [0.2, 0.25) is 0 Å². The molecule has 7 nitrogen and oxygen atoms in total. The fourth-order valence-corrected chi connectivity index (χ4v) is 3.35. The fourth-order valence-electron chi connectivity index (χ4n) is 3.35. The van der Waals surface area contributed by atoms with Gasteiger partial charge in [0.2, 0.25) is 5.91 Å². The second-order valence-electron chi connectivity index (χ2n) is 7.28. The number of hydrogen-bond acceptors (Lipinski definition) is 5. The smallest absolute Gasteiger partial charge is 0.410 e. The van der Waals surface area contributed by atoms with Crippen molar-refractivity contribution in [2.75, 3.05) is 26.3 Å². The largest absolute Gasteiger partial charge is 0.442 e. The zero-order valence-electron chi connectivity index (χ0n) is 16.6. The van der Waals surface area contributed by atoms with Gasteiger partial charge in [0.05, 0.1) is 31.5 Å². The molecule has 152 valence electrons. The van der Waals surface area contributed by atoms with Crippen molar-refractivity contribution in [2.45, 2.75) is 58.0 Å². The number of nitrogens with zero attached hydrogens (tertiary/aromatic N) is 1. The van der Waals surface area contributed by atoms with Gasteiger partial charge in [-0.15, -0.1) is 6.58 Å². The van der Waals surface area contributed by atoms with Crippen LogP contribution in [0.4, 0.5) is 4.79 Å². The summed E-state index contributed by atoms with van der Waals surface area (Å²) in [5.74, 6) is 0.140. The summed E-state index contributed by atoms with van der Waals surface area (Å²) in [5.41, 5.74) is 0. The van der Waals surface area contributed by atoms with Crippen LogP contribution in [0.1, 0.15) is 33.6 Å². The lowest BCUT2D eigenvalue weighted by Gasteiger charge is -2.39. The van der Waals surface area contributed by atoms with E-state index in [9.17, 15) is 9.59 Å². The van der Waals surface area contributed by atoms with Crippen LogP contribution >= 0.6 is 0 Å². The molecule has 27 heavy (non-hydrogen) atoms. The van der Waals surface area contributed by atoms with Gasteiger partial charge in [0.15, 0.2) is 0 Å². The maximum Gasteiger partial charge on any atom is 0.410 e. The minimum atomic E-state index is -0.484. The molecule has 1 N–H and O–H groups in total. The number of carbonyl (C=O) groups excluding carboxylic acids is 2. The second kappa shape index (κ2) is 10.5. The van der Waals surface area contributed by atoms with E-state index in [1.807, 2.05) is 13.0 Å². The SMILES string of the molecule is C=CC[C@@H]1O[C@H](C)[C@H](NC(=O)/C=C\[C@H](C)OC(=O)N2CCOCC2)C[C@H]1C. The first-order valence-electron chi connectivity index (χ1n) is 9.69. The molecule has 0 aromatic rings. The predicted molar refractivity (Wildman–Crippen MR) is 102 cm³/mol. The van der Waals surface area contributed by atoms with Gasteiger partial charge in [0.1, 0.15) is 6.10 Å². The van der Waals surface area contributed by atoms with E-state index in [-0.39, 0.29) is 30.3 Å². The molecule has 0 aromatic carbocycles. The Morgan fingerprint density at radius 2 is 2.04 bits per heavy atom. The molecular formula is C20H32N2O5. The number of carbonyl (C=O) groups is 2. The van der Waals surface area contributed by atoms with Gasteiger partial charge < -0.3 is 24.4 Å². The zero-order chi connectivity index (χ0) is 19.8. The van der Waals surface area contributed by atoms with Gasteiger partial charge in [0, 0.05) is 19.2 Å². The van der Waals surface area contributed by atoms with Gasteiger partial charge in [-0.2, -0.15) is 0 Å². The van der Waals surface area contributed by atoms with Crippen LogP contribution in [0.15, 0.2) is 24.8 Å². The molecule has 0 spiro atoms. The Morgan fingerprint density at radius 3 is 2.70 bits per heavy atom. The number of rotatable bonds is 6. The number of morpholine rings is 1. The normalized spacial score (nSPS) is 30.0. The Hall–Kier alpha value is -1.86. The minimum absolute atomic E-state index is 0.0376. The lowest BCUT2D eigenvalue weighted by atomic mass is 9.88. The molecule has 2 saturated heterocycles. The molecule has 5 atom stereocenters. The van der Waals surface area contributed by atoms with E-state index in [0.29, 0.717) is 32.2 Å². The zero-order valence-corrected chi connectivity index (χ0v) is 16.6. The Kier molecular flexibility index (Phi) is 8.31. The molecule has 2 heterocycles. The summed E-state index contributed by atoms with van der Waals surface area (Å²) >= 11 is 0. The van der Waals surface area contributed by atoms with Gasteiger partial charge in [-0.3, -0.25) is 4.79 Å². The summed E-state index contributed by atoms with van der Waals surface area (Å²) in [6.07, 6.45) is 5.79. The van der Waals surface area contributed by atoms with Gasteiger partial charge >= 0.3 is 6.09 Å². The quantitative estimate of drug-likeness (QED) is 0.565. The average molecular weight is 380 g/mol. The molecule has 2 aliphatic heterocycles. The number of hydrogen-bond donors (Lipinski definition) is 1. The van der Waals surface area contributed by atoms with Crippen molar-refractivity contribution in [3.05, 3.63) is 24.8 Å². The Labute approximate surface area is 161 Å². The predicted octanol–water partition coefficient (Wildman–Crippen LogP) is 2.27. The van der Waals surface area contributed by atoms with E-state index >= 15 is 0 Å². The third-order valence-electron chi connectivity index (χ3n) is 5.02. The number of nitrogens with one attached hydrogen (secondary N) is 1. The minimum Gasteiger partial charge on any atom is -0.442 e. The summed E-state index contributed by atoms with van der Waals surface area (Å²) < 4.78 is 16.6. The van der Waals surface area contributed by atoms with Crippen LogP contribution in [0.5, 0.6) is 0 Å². The van der Waals surface area contributed by atoms with Crippen LogP contribution in [0.25, 0.3) is 0 Å². The Balaban J connectivity index is 1.77. The second-order valence-corrected chi connectivity index (χ2v) is 7.28. The van der Waals surface area contributed by atoms with Crippen molar-refractivity contribution in [3.8, 4) is 0 Å². The third-order valence-corrected chi connectivity index (χ3v) is 5.02. The summed E-state index contributed by atoms with van der Waals surface area (Å²) in [6, 6.07) is -0.0376. The topological polar surface area (TPSA) is 77.1 Å². The highest BCUT2D eigenvalue weighted by Gasteiger charge is 2.33. The first-order chi connectivity index (χ1) is 12.9. The first-order valence-corrected chi connectivity index (χ1v) is 9.69. The maximum absolute atomic E-state index is 12.2. The molecule has 0 aromatic heterocycles. The standard InChI is InChI=1S/C20H32N2O5/c1-5-6-18-14(2)13-17(16(4)27-18)21-19(23)8-7-15(3)26-20(24)22-9-11-25-12-10-22/h5,7-8,14-18H,1,6,9-13H2,2-4H3,(H,21,23)/b8-7-/t14-,15+,16-,17-,18+/m1/s1. The van der Waals surface area contributed by atoms with Gasteiger partial charge in [-0.1, -0.05) is 13.0 Å². The van der Waals surface area contributed by atoms with Gasteiger partial charge in [-0.05, 0) is 38.7 Å². The summed E-state index contributed by atoms with van der Waals surface area (Å²) in [6.45, 7) is 11.7. The Bertz CT molecular complexity index is 544. The van der Waals surface area contributed by atoms with Crippen molar-refractivity contribution in [3.63, 3.8) is 0 Å². The van der Waals surface area contributed by atoms with E-state index < -0.39 is 6.10 Å². The molecular weight excluding hydrogens is 348 g/mol. The number of ether oxygens (including phenoxy) is 3. The molecule has 2 rings (SSSR count). The van der Waals surface area contributed by atoms with Crippen LogP contribution in [-0.4, -0.2) is 67.6 Å². The summed E-state index contributed by atoms with van der Waals surface area (Å²) in [7, 11) is 0. The van der Waals surface area contributed by atoms with Crippen LogP contribution in [-0.2, 0) is 19.0 Å². The van der Waals surface area contributed by atoms with Crippen molar-refractivity contribution in [2.24, 2.45) is 5.92 Å². The summed E-state index contributed by atoms with van der Waals surface area (Å²) in [4.78, 5) is 25.9. The lowest BCUT2D eigenvalue weighted by Crippen LogP contribution is -2.50. The van der Waals surface area contributed by atoms with Crippen molar-refractivity contribution in [1.82, 2.24) is 10.2 Å². The van der Waals surface area contributed by atoms with E-state index in [1.165, 1.54) is 6.08 Å². The highest BCUT2D eigenvalue weighted by atomic mass is 16.6.